The highest BCUT2D eigenvalue weighted by atomic mass is 79.9. The van der Waals surface area contributed by atoms with E-state index in [-0.39, 0.29) is 0 Å². The Balaban J connectivity index is 3.10. The summed E-state index contributed by atoms with van der Waals surface area (Å²) in [6.45, 7) is 0. The van der Waals surface area contributed by atoms with Gasteiger partial charge in [0, 0.05) is 6.20 Å². The molecule has 1 aromatic heterocycles. The summed E-state index contributed by atoms with van der Waals surface area (Å²) in [6.07, 6.45) is 3.88. The average molecular weight is 263 g/mol. The first kappa shape index (κ1) is 10.4. The molecule has 2 N–H and O–H groups in total. The van der Waals surface area contributed by atoms with Gasteiger partial charge in [-0.2, -0.15) is 0 Å². The third kappa shape index (κ3) is 2.39. The van der Waals surface area contributed by atoms with E-state index in [4.69, 9.17) is 5.84 Å². The molecule has 0 radical (unpaired) electrons. The number of anilines is 1. The summed E-state index contributed by atoms with van der Waals surface area (Å²) in [7, 11) is 0. The van der Waals surface area contributed by atoms with Gasteiger partial charge in [-0.3, -0.25) is 4.79 Å². The Morgan fingerprint density at radius 3 is 3.00 bits per heavy atom. The predicted octanol–water partition coefficient (Wildman–Crippen LogP) is 0.798. The minimum Gasteiger partial charge on any atom is -0.277 e. The van der Waals surface area contributed by atoms with Crippen molar-refractivity contribution in [2.45, 2.75) is 5.16 Å². The molecule has 0 atom stereocenters. The fraction of sp³-hybridized carbons (Fsp3) is 0.167. The van der Waals surface area contributed by atoms with E-state index in [2.05, 4.69) is 25.9 Å². The minimum atomic E-state index is 0.356. The largest absolute Gasteiger partial charge is 0.277 e. The summed E-state index contributed by atoms with van der Waals surface area (Å²) in [4.78, 5) is 18.4. The summed E-state index contributed by atoms with van der Waals surface area (Å²) in [5.41, 5.74) is 0. The molecule has 0 aliphatic heterocycles. The molecular weight excluding hydrogens is 256 g/mol. The Bertz CT molecular complexity index is 322. The number of nitrogens with two attached hydrogens (primary N) is 1. The Hall–Kier alpha value is -0.660. The SMILES string of the molecule is CSc1ncc(Br)c(N(N)C=O)n1. The molecule has 5 nitrogen and oxygen atoms in total. The van der Waals surface area contributed by atoms with Crippen LogP contribution in [0.4, 0.5) is 5.82 Å². The molecule has 70 valence electrons. The number of halogens is 1. The molecule has 0 fully saturated rings. The first-order valence-corrected chi connectivity index (χ1v) is 5.26. The molecule has 7 heteroatoms. The maximum absolute atomic E-state index is 10.4. The van der Waals surface area contributed by atoms with Crippen molar-refractivity contribution in [3.63, 3.8) is 0 Å². The Kier molecular flexibility index (Phi) is 3.64. The van der Waals surface area contributed by atoms with Crippen molar-refractivity contribution in [1.82, 2.24) is 9.97 Å². The number of hydrogen-bond acceptors (Lipinski definition) is 5. The Labute approximate surface area is 87.8 Å². The molecule has 0 aliphatic carbocycles. The van der Waals surface area contributed by atoms with E-state index in [0.29, 0.717) is 21.9 Å². The van der Waals surface area contributed by atoms with Crippen LogP contribution in [0.3, 0.4) is 0 Å². The van der Waals surface area contributed by atoms with Gasteiger partial charge in [0.25, 0.3) is 0 Å². The Morgan fingerprint density at radius 1 is 1.77 bits per heavy atom. The van der Waals surface area contributed by atoms with Crippen LogP contribution in [-0.2, 0) is 4.79 Å². The zero-order valence-electron chi connectivity index (χ0n) is 6.77. The second-order valence-corrected chi connectivity index (χ2v) is 3.67. The number of thioether (sulfide) groups is 1. The first-order chi connectivity index (χ1) is 6.19. The number of amides is 1. The second kappa shape index (κ2) is 4.54. The van der Waals surface area contributed by atoms with Crippen molar-refractivity contribution in [3.05, 3.63) is 10.7 Å². The number of aromatic nitrogens is 2. The van der Waals surface area contributed by atoms with Gasteiger partial charge in [0.15, 0.2) is 11.0 Å². The number of rotatable bonds is 3. The molecule has 1 aromatic rings. The van der Waals surface area contributed by atoms with Crippen molar-refractivity contribution in [3.8, 4) is 0 Å². The lowest BCUT2D eigenvalue weighted by molar-refractivity contribution is -0.107. The van der Waals surface area contributed by atoms with Gasteiger partial charge in [-0.25, -0.2) is 20.8 Å². The van der Waals surface area contributed by atoms with E-state index in [1.54, 1.807) is 6.20 Å². The highest BCUT2D eigenvalue weighted by Gasteiger charge is 2.08. The fourth-order valence-corrected chi connectivity index (χ4v) is 1.40. The van der Waals surface area contributed by atoms with Gasteiger partial charge in [0.05, 0.1) is 4.47 Å². The van der Waals surface area contributed by atoms with Crippen molar-refractivity contribution >= 4 is 39.9 Å². The maximum atomic E-state index is 10.4. The molecule has 0 saturated carbocycles. The lowest BCUT2D eigenvalue weighted by Gasteiger charge is -2.10. The van der Waals surface area contributed by atoms with E-state index in [0.717, 1.165) is 5.01 Å². The van der Waals surface area contributed by atoms with E-state index in [1.807, 2.05) is 6.26 Å². The topological polar surface area (TPSA) is 72.1 Å². The third-order valence-corrected chi connectivity index (χ3v) is 2.37. The Morgan fingerprint density at radius 2 is 2.46 bits per heavy atom. The highest BCUT2D eigenvalue weighted by molar-refractivity contribution is 9.10. The lowest BCUT2D eigenvalue weighted by atomic mass is 10.6. The van der Waals surface area contributed by atoms with Crippen LogP contribution in [0.5, 0.6) is 0 Å². The highest BCUT2D eigenvalue weighted by Crippen LogP contribution is 2.22. The van der Waals surface area contributed by atoms with Crippen molar-refractivity contribution in [2.75, 3.05) is 11.3 Å². The van der Waals surface area contributed by atoms with Gasteiger partial charge in [0.1, 0.15) is 0 Å². The molecule has 13 heavy (non-hydrogen) atoms. The number of hydrogen-bond donors (Lipinski definition) is 1. The predicted molar refractivity (Wildman–Crippen MR) is 54.2 cm³/mol. The molecule has 0 saturated heterocycles. The van der Waals surface area contributed by atoms with E-state index < -0.39 is 0 Å². The summed E-state index contributed by atoms with van der Waals surface area (Å²) < 4.78 is 0.583. The van der Waals surface area contributed by atoms with E-state index in [1.165, 1.54) is 11.8 Å². The molecular formula is C6H7BrN4OS. The lowest BCUT2D eigenvalue weighted by Crippen LogP contribution is -2.30. The quantitative estimate of drug-likeness (QED) is 0.218. The van der Waals surface area contributed by atoms with Crippen molar-refractivity contribution in [1.29, 1.82) is 0 Å². The zero-order chi connectivity index (χ0) is 9.84. The van der Waals surface area contributed by atoms with E-state index >= 15 is 0 Å². The van der Waals surface area contributed by atoms with Crippen LogP contribution in [0.25, 0.3) is 0 Å². The monoisotopic (exact) mass is 262 g/mol. The summed E-state index contributed by atoms with van der Waals surface area (Å²) in [5, 5.41) is 1.46. The van der Waals surface area contributed by atoms with Crippen LogP contribution in [0.15, 0.2) is 15.8 Å². The zero-order valence-corrected chi connectivity index (χ0v) is 9.17. The van der Waals surface area contributed by atoms with Crippen LogP contribution >= 0.6 is 27.7 Å². The average Bonchev–Trinajstić information content (AvgIpc) is 2.17. The molecule has 1 heterocycles. The summed E-state index contributed by atoms with van der Waals surface area (Å²) in [5.74, 6) is 5.71. The van der Waals surface area contributed by atoms with Crippen LogP contribution in [0.1, 0.15) is 0 Å². The number of hydrazine groups is 1. The van der Waals surface area contributed by atoms with Crippen LogP contribution in [-0.4, -0.2) is 22.6 Å². The number of carbonyl (C=O) groups is 1. The minimum absolute atomic E-state index is 0.356. The number of nitrogens with zero attached hydrogens (tertiary/aromatic N) is 3. The molecule has 1 rings (SSSR count). The van der Waals surface area contributed by atoms with Crippen LogP contribution < -0.4 is 10.9 Å². The van der Waals surface area contributed by atoms with Crippen LogP contribution in [0, 0.1) is 0 Å². The molecule has 0 spiro atoms. The first-order valence-electron chi connectivity index (χ1n) is 3.24. The van der Waals surface area contributed by atoms with Gasteiger partial charge in [0.2, 0.25) is 6.41 Å². The smallest absolute Gasteiger partial charge is 0.229 e. The molecule has 1 amide bonds. The van der Waals surface area contributed by atoms with Gasteiger partial charge < -0.3 is 0 Å². The second-order valence-electron chi connectivity index (χ2n) is 2.04. The summed E-state index contributed by atoms with van der Waals surface area (Å²) in [6, 6.07) is 0. The molecule has 0 aromatic carbocycles. The van der Waals surface area contributed by atoms with Crippen LogP contribution in [0.2, 0.25) is 0 Å². The van der Waals surface area contributed by atoms with E-state index in [9.17, 15) is 4.79 Å². The normalized spacial score (nSPS) is 9.77. The molecule has 0 aliphatic rings. The van der Waals surface area contributed by atoms with Gasteiger partial charge in [-0.1, -0.05) is 11.8 Å². The van der Waals surface area contributed by atoms with Gasteiger partial charge >= 0.3 is 0 Å². The van der Waals surface area contributed by atoms with Crippen molar-refractivity contribution < 1.29 is 4.79 Å². The third-order valence-electron chi connectivity index (χ3n) is 1.24. The van der Waals surface area contributed by atoms with Crippen molar-refractivity contribution in [2.24, 2.45) is 5.84 Å². The maximum Gasteiger partial charge on any atom is 0.229 e. The fourth-order valence-electron chi connectivity index (χ4n) is 0.672. The standard InChI is InChI=1S/C6H7BrN4OS/c1-13-6-9-2-4(7)5(10-6)11(8)3-12/h2-3H,8H2,1H3. The van der Waals surface area contributed by atoms with Gasteiger partial charge in [-0.15, -0.1) is 0 Å². The number of carbonyl (C=O) groups excluding carboxylic acids is 1. The molecule has 0 bridgehead atoms. The molecule has 0 unspecified atom stereocenters. The summed E-state index contributed by atoms with van der Waals surface area (Å²) >= 11 is 4.56. The van der Waals surface area contributed by atoms with Gasteiger partial charge in [-0.05, 0) is 22.2 Å².